The van der Waals surface area contributed by atoms with E-state index in [-0.39, 0.29) is 0 Å². The minimum absolute atomic E-state index is 0.759. The van der Waals surface area contributed by atoms with Crippen LogP contribution in [0, 0.1) is 5.92 Å². The number of nitrogens with one attached hydrogen (secondary N) is 1. The highest BCUT2D eigenvalue weighted by atomic mass is 15.2. The van der Waals surface area contributed by atoms with E-state index in [0.717, 1.165) is 18.0 Å². The molecule has 0 bridgehead atoms. The Hall–Kier alpha value is -0.0800. The third kappa shape index (κ3) is 2.68. The molecule has 1 saturated carbocycles. The first kappa shape index (κ1) is 9.47. The van der Waals surface area contributed by atoms with Crippen LogP contribution in [0.25, 0.3) is 0 Å². The molecule has 1 aliphatic heterocycles. The molecule has 0 spiro atoms. The van der Waals surface area contributed by atoms with Crippen LogP contribution >= 0.6 is 0 Å². The monoisotopic (exact) mass is 182 g/mol. The van der Waals surface area contributed by atoms with Crippen molar-refractivity contribution >= 4 is 0 Å². The summed E-state index contributed by atoms with van der Waals surface area (Å²) in [5.41, 5.74) is 0. The third-order valence-corrected chi connectivity index (χ3v) is 3.11. The van der Waals surface area contributed by atoms with Crippen molar-refractivity contribution in [2.24, 2.45) is 5.92 Å². The normalized spacial score (nSPS) is 31.2. The van der Waals surface area contributed by atoms with E-state index in [0.29, 0.717) is 0 Å². The van der Waals surface area contributed by atoms with Gasteiger partial charge in [-0.3, -0.25) is 4.90 Å². The molecule has 2 nitrogen and oxygen atoms in total. The van der Waals surface area contributed by atoms with Gasteiger partial charge >= 0.3 is 0 Å². The van der Waals surface area contributed by atoms with Crippen LogP contribution < -0.4 is 5.32 Å². The Bertz CT molecular complexity index is 163. The predicted octanol–water partition coefficient (Wildman–Crippen LogP) is 1.47. The number of piperazine rings is 1. The Morgan fingerprint density at radius 2 is 2.15 bits per heavy atom. The van der Waals surface area contributed by atoms with Crippen molar-refractivity contribution in [2.75, 3.05) is 19.6 Å². The maximum Gasteiger partial charge on any atom is 0.0198 e. The summed E-state index contributed by atoms with van der Waals surface area (Å²) < 4.78 is 0. The van der Waals surface area contributed by atoms with Crippen LogP contribution in [0.2, 0.25) is 0 Å². The SMILES string of the molecule is CC(C)C[C@@H]1CN(C2CC2)CCN1. The zero-order chi connectivity index (χ0) is 9.26. The molecule has 0 radical (unpaired) electrons. The molecule has 1 N–H and O–H groups in total. The number of hydrogen-bond donors (Lipinski definition) is 1. The Morgan fingerprint density at radius 1 is 1.38 bits per heavy atom. The lowest BCUT2D eigenvalue weighted by Gasteiger charge is -2.34. The molecule has 2 rings (SSSR count). The first-order valence-corrected chi connectivity index (χ1v) is 5.73. The lowest BCUT2D eigenvalue weighted by atomic mass is 10.0. The minimum Gasteiger partial charge on any atom is -0.311 e. The fraction of sp³-hybridized carbons (Fsp3) is 1.00. The molecule has 13 heavy (non-hydrogen) atoms. The standard InChI is InChI=1S/C11H22N2/c1-9(2)7-10-8-13(6-5-12-10)11-3-4-11/h9-12H,3-8H2,1-2H3/t10-/m1/s1. The molecule has 0 unspecified atom stereocenters. The summed E-state index contributed by atoms with van der Waals surface area (Å²) in [5, 5.41) is 3.62. The van der Waals surface area contributed by atoms with Crippen LogP contribution in [-0.4, -0.2) is 36.6 Å². The van der Waals surface area contributed by atoms with Crippen molar-refractivity contribution in [3.8, 4) is 0 Å². The van der Waals surface area contributed by atoms with Gasteiger partial charge in [0.25, 0.3) is 0 Å². The molecule has 2 aliphatic rings. The molecule has 1 saturated heterocycles. The molecule has 76 valence electrons. The van der Waals surface area contributed by atoms with Crippen LogP contribution in [0.5, 0.6) is 0 Å². The fourth-order valence-corrected chi connectivity index (χ4v) is 2.35. The summed E-state index contributed by atoms with van der Waals surface area (Å²) in [7, 11) is 0. The van der Waals surface area contributed by atoms with Gasteiger partial charge < -0.3 is 5.32 Å². The lowest BCUT2D eigenvalue weighted by Crippen LogP contribution is -2.51. The van der Waals surface area contributed by atoms with E-state index in [4.69, 9.17) is 0 Å². The average Bonchev–Trinajstić information content (AvgIpc) is 2.85. The molecule has 0 aromatic carbocycles. The molecule has 1 heterocycles. The Kier molecular flexibility index (Phi) is 2.89. The van der Waals surface area contributed by atoms with Gasteiger partial charge in [-0.15, -0.1) is 0 Å². The average molecular weight is 182 g/mol. The highest BCUT2D eigenvalue weighted by molar-refractivity contribution is 4.90. The highest BCUT2D eigenvalue weighted by Crippen LogP contribution is 2.27. The lowest BCUT2D eigenvalue weighted by molar-refractivity contribution is 0.178. The summed E-state index contributed by atoms with van der Waals surface area (Å²) in [6.45, 7) is 8.41. The van der Waals surface area contributed by atoms with Gasteiger partial charge in [-0.2, -0.15) is 0 Å². The second kappa shape index (κ2) is 3.97. The highest BCUT2D eigenvalue weighted by Gasteiger charge is 2.32. The van der Waals surface area contributed by atoms with E-state index in [1.807, 2.05) is 0 Å². The number of nitrogens with zero attached hydrogens (tertiary/aromatic N) is 1. The van der Waals surface area contributed by atoms with Crippen LogP contribution in [-0.2, 0) is 0 Å². The van der Waals surface area contributed by atoms with E-state index >= 15 is 0 Å². The van der Waals surface area contributed by atoms with Gasteiger partial charge in [0.05, 0.1) is 0 Å². The number of rotatable bonds is 3. The fourth-order valence-electron chi connectivity index (χ4n) is 2.35. The van der Waals surface area contributed by atoms with E-state index < -0.39 is 0 Å². The number of hydrogen-bond acceptors (Lipinski definition) is 2. The second-order valence-corrected chi connectivity index (χ2v) is 5.01. The summed E-state index contributed by atoms with van der Waals surface area (Å²) in [6.07, 6.45) is 4.24. The van der Waals surface area contributed by atoms with E-state index in [1.54, 1.807) is 0 Å². The van der Waals surface area contributed by atoms with Crippen LogP contribution in [0.3, 0.4) is 0 Å². The van der Waals surface area contributed by atoms with Crippen molar-refractivity contribution in [2.45, 2.75) is 45.2 Å². The third-order valence-electron chi connectivity index (χ3n) is 3.11. The van der Waals surface area contributed by atoms with Crippen LogP contribution in [0.4, 0.5) is 0 Å². The minimum atomic E-state index is 0.759. The van der Waals surface area contributed by atoms with E-state index in [2.05, 4.69) is 24.1 Å². The molecule has 0 amide bonds. The molecule has 2 heteroatoms. The first-order valence-electron chi connectivity index (χ1n) is 5.73. The van der Waals surface area contributed by atoms with Crippen molar-refractivity contribution in [3.05, 3.63) is 0 Å². The first-order chi connectivity index (χ1) is 6.25. The summed E-state index contributed by atoms with van der Waals surface area (Å²) in [5.74, 6) is 0.830. The maximum atomic E-state index is 3.62. The van der Waals surface area contributed by atoms with E-state index in [9.17, 15) is 0 Å². The summed E-state index contributed by atoms with van der Waals surface area (Å²) in [4.78, 5) is 2.68. The van der Waals surface area contributed by atoms with Gasteiger partial charge in [0.15, 0.2) is 0 Å². The molecule has 2 fully saturated rings. The zero-order valence-electron chi connectivity index (χ0n) is 8.92. The topological polar surface area (TPSA) is 15.3 Å². The largest absolute Gasteiger partial charge is 0.311 e. The van der Waals surface area contributed by atoms with Gasteiger partial charge in [0.2, 0.25) is 0 Å². The molecular formula is C11H22N2. The Morgan fingerprint density at radius 3 is 2.77 bits per heavy atom. The maximum absolute atomic E-state index is 3.62. The van der Waals surface area contributed by atoms with Gasteiger partial charge in [-0.1, -0.05) is 13.8 Å². The van der Waals surface area contributed by atoms with Gasteiger partial charge in [0, 0.05) is 31.7 Å². The molecule has 1 aliphatic carbocycles. The Labute approximate surface area is 81.7 Å². The zero-order valence-corrected chi connectivity index (χ0v) is 8.92. The van der Waals surface area contributed by atoms with Gasteiger partial charge in [0.1, 0.15) is 0 Å². The van der Waals surface area contributed by atoms with Crippen LogP contribution in [0.1, 0.15) is 33.1 Å². The second-order valence-electron chi connectivity index (χ2n) is 5.01. The Balaban J connectivity index is 1.77. The van der Waals surface area contributed by atoms with Crippen molar-refractivity contribution in [1.29, 1.82) is 0 Å². The summed E-state index contributed by atoms with van der Waals surface area (Å²) >= 11 is 0. The van der Waals surface area contributed by atoms with Gasteiger partial charge in [-0.25, -0.2) is 0 Å². The van der Waals surface area contributed by atoms with E-state index in [1.165, 1.54) is 38.9 Å². The summed E-state index contributed by atoms with van der Waals surface area (Å²) in [6, 6.07) is 1.71. The van der Waals surface area contributed by atoms with Crippen LogP contribution in [0.15, 0.2) is 0 Å². The smallest absolute Gasteiger partial charge is 0.0198 e. The van der Waals surface area contributed by atoms with Crippen molar-refractivity contribution < 1.29 is 0 Å². The quantitative estimate of drug-likeness (QED) is 0.711. The predicted molar refractivity (Wildman–Crippen MR) is 55.8 cm³/mol. The van der Waals surface area contributed by atoms with Crippen molar-refractivity contribution in [3.63, 3.8) is 0 Å². The molecule has 0 aromatic heterocycles. The van der Waals surface area contributed by atoms with Gasteiger partial charge in [-0.05, 0) is 25.2 Å². The molecule has 0 aromatic rings. The molecular weight excluding hydrogens is 160 g/mol. The molecule has 1 atom stereocenters. The van der Waals surface area contributed by atoms with Crippen molar-refractivity contribution in [1.82, 2.24) is 10.2 Å².